The number of carbonyl (C=O) groups is 1. The van der Waals surface area contributed by atoms with Crippen molar-refractivity contribution in [3.63, 3.8) is 0 Å². The average Bonchev–Trinajstić information content (AvgIpc) is 3.12. The summed E-state index contributed by atoms with van der Waals surface area (Å²) in [6.07, 6.45) is 0.870. The Bertz CT molecular complexity index is 1620. The third-order valence-electron chi connectivity index (χ3n) is 9.06. The van der Waals surface area contributed by atoms with Gasteiger partial charge in [0.2, 0.25) is 5.91 Å². The number of likely N-dealkylation sites (tertiary alicyclic amines) is 1. The van der Waals surface area contributed by atoms with Gasteiger partial charge >= 0.3 is 6.36 Å². The monoisotopic (exact) mass is 674 g/mol. The molecule has 0 atom stereocenters. The van der Waals surface area contributed by atoms with E-state index in [0.29, 0.717) is 36.1 Å². The minimum absolute atomic E-state index is 0.0467. The van der Waals surface area contributed by atoms with Gasteiger partial charge in [0.25, 0.3) is 0 Å². The van der Waals surface area contributed by atoms with Crippen molar-refractivity contribution in [1.82, 2.24) is 20.2 Å². The highest BCUT2D eigenvalue weighted by Gasteiger charge is 2.31. The number of nitrogens with one attached hydrogen (secondary N) is 2. The Morgan fingerprint density at radius 3 is 2.22 bits per heavy atom. The van der Waals surface area contributed by atoms with Crippen LogP contribution in [0.2, 0.25) is 0 Å². The van der Waals surface area contributed by atoms with Crippen LogP contribution in [0.25, 0.3) is 11.3 Å². The summed E-state index contributed by atoms with van der Waals surface area (Å²) >= 11 is 0. The number of amides is 1. The van der Waals surface area contributed by atoms with Gasteiger partial charge in [0, 0.05) is 48.6 Å². The highest BCUT2D eigenvalue weighted by atomic mass is 19.4. The summed E-state index contributed by atoms with van der Waals surface area (Å²) < 4.78 is 47.0. The Balaban J connectivity index is 0.875. The number of nitrogens with zero attached hydrogens (tertiary/aromatic N) is 4. The predicted octanol–water partition coefficient (Wildman–Crippen LogP) is 6.91. The first kappa shape index (κ1) is 34.0. The van der Waals surface area contributed by atoms with E-state index in [1.54, 1.807) is 6.07 Å². The molecule has 0 aliphatic carbocycles. The van der Waals surface area contributed by atoms with E-state index >= 15 is 0 Å². The molecule has 258 valence electrons. The predicted molar refractivity (Wildman–Crippen MR) is 183 cm³/mol. The summed E-state index contributed by atoms with van der Waals surface area (Å²) in [4.78, 5) is 26.4. The van der Waals surface area contributed by atoms with Gasteiger partial charge in [-0.25, -0.2) is 9.97 Å². The number of benzene rings is 3. The fraction of sp³-hybridized carbons (Fsp3) is 0.378. The third-order valence-corrected chi connectivity index (χ3v) is 9.06. The second kappa shape index (κ2) is 16.0. The second-order valence-corrected chi connectivity index (χ2v) is 12.5. The minimum atomic E-state index is -4.74. The second-order valence-electron chi connectivity index (χ2n) is 12.5. The maximum absolute atomic E-state index is 12.8. The molecule has 2 aliphatic heterocycles. The van der Waals surface area contributed by atoms with Crippen LogP contribution < -0.4 is 25.0 Å². The number of piperidine rings is 2. The molecule has 9 nitrogen and oxygen atoms in total. The lowest BCUT2D eigenvalue weighted by Crippen LogP contribution is -2.44. The van der Waals surface area contributed by atoms with Crippen LogP contribution in [0, 0.1) is 11.8 Å². The number of rotatable bonds is 12. The van der Waals surface area contributed by atoms with Gasteiger partial charge < -0.3 is 29.9 Å². The Morgan fingerprint density at radius 1 is 0.837 bits per heavy atom. The van der Waals surface area contributed by atoms with E-state index in [9.17, 15) is 18.0 Å². The van der Waals surface area contributed by atoms with Crippen LogP contribution in [-0.4, -0.2) is 73.0 Å². The van der Waals surface area contributed by atoms with Gasteiger partial charge in [0.05, 0.1) is 12.2 Å². The average molecular weight is 675 g/mol. The Morgan fingerprint density at radius 2 is 1.53 bits per heavy atom. The molecule has 0 spiro atoms. The zero-order valence-electron chi connectivity index (χ0n) is 27.2. The smallest absolute Gasteiger partial charge is 0.492 e. The van der Waals surface area contributed by atoms with Crippen LogP contribution in [0.5, 0.6) is 11.5 Å². The van der Waals surface area contributed by atoms with E-state index < -0.39 is 6.36 Å². The molecule has 1 aromatic heterocycles. The first-order valence-corrected chi connectivity index (χ1v) is 16.8. The lowest BCUT2D eigenvalue weighted by atomic mass is 9.92. The molecule has 2 aliphatic rings. The molecule has 2 fully saturated rings. The van der Waals surface area contributed by atoms with Gasteiger partial charge in [-0.05, 0) is 105 Å². The Kier molecular flexibility index (Phi) is 11.1. The normalized spacial score (nSPS) is 16.3. The molecule has 12 heteroatoms. The first-order chi connectivity index (χ1) is 23.8. The van der Waals surface area contributed by atoms with Gasteiger partial charge in [-0.2, -0.15) is 0 Å². The summed E-state index contributed by atoms with van der Waals surface area (Å²) in [6.45, 7) is 6.08. The summed E-state index contributed by atoms with van der Waals surface area (Å²) in [5.74, 6) is 1.73. The molecule has 2 N–H and O–H groups in total. The molecule has 0 unspecified atom stereocenters. The molecule has 49 heavy (non-hydrogen) atoms. The maximum atomic E-state index is 12.8. The quantitative estimate of drug-likeness (QED) is 0.157. The largest absolute Gasteiger partial charge is 0.573 e. The topological polar surface area (TPSA) is 91.8 Å². The molecule has 0 bridgehead atoms. The molecule has 3 heterocycles. The zero-order valence-corrected chi connectivity index (χ0v) is 27.2. The van der Waals surface area contributed by atoms with Crippen LogP contribution >= 0.6 is 0 Å². The van der Waals surface area contributed by atoms with Crippen molar-refractivity contribution in [2.75, 3.05) is 56.1 Å². The highest BCUT2D eigenvalue weighted by molar-refractivity contribution is 5.78. The van der Waals surface area contributed by atoms with E-state index in [2.05, 4.69) is 65.5 Å². The molecular weight excluding hydrogens is 633 g/mol. The molecule has 1 amide bonds. The van der Waals surface area contributed by atoms with Crippen LogP contribution in [-0.2, 0) is 4.79 Å². The number of halogens is 3. The lowest BCUT2D eigenvalue weighted by molar-refractivity contribution is -0.274. The van der Waals surface area contributed by atoms with Crippen molar-refractivity contribution < 1.29 is 27.4 Å². The van der Waals surface area contributed by atoms with Crippen molar-refractivity contribution in [2.24, 2.45) is 11.8 Å². The van der Waals surface area contributed by atoms with E-state index in [1.165, 1.54) is 49.1 Å². The number of anilines is 3. The van der Waals surface area contributed by atoms with Crippen LogP contribution in [0.15, 0.2) is 91.3 Å². The van der Waals surface area contributed by atoms with Gasteiger partial charge in [-0.15, -0.1) is 13.2 Å². The number of carbonyl (C=O) groups excluding carboxylic acids is 1. The molecule has 6 rings (SSSR count). The summed E-state index contributed by atoms with van der Waals surface area (Å²) in [7, 11) is 0. The van der Waals surface area contributed by atoms with Crippen molar-refractivity contribution >= 4 is 23.1 Å². The van der Waals surface area contributed by atoms with E-state index in [0.717, 1.165) is 57.0 Å². The van der Waals surface area contributed by atoms with E-state index in [-0.39, 0.29) is 17.6 Å². The Labute approximate surface area is 284 Å². The van der Waals surface area contributed by atoms with Gasteiger partial charge in [-0.1, -0.05) is 18.2 Å². The van der Waals surface area contributed by atoms with Gasteiger partial charge in [-0.3, -0.25) is 4.79 Å². The number of hydrogen-bond acceptors (Lipinski definition) is 8. The molecule has 0 saturated carbocycles. The summed E-state index contributed by atoms with van der Waals surface area (Å²) in [6, 6.07) is 25.2. The fourth-order valence-corrected chi connectivity index (χ4v) is 6.44. The molecular formula is C37H41F3N6O3. The van der Waals surface area contributed by atoms with Crippen molar-refractivity contribution in [2.45, 2.75) is 32.0 Å². The fourth-order valence-electron chi connectivity index (χ4n) is 6.44. The van der Waals surface area contributed by atoms with Crippen molar-refractivity contribution in [1.29, 1.82) is 0 Å². The van der Waals surface area contributed by atoms with Crippen LogP contribution in [0.4, 0.5) is 30.4 Å². The summed E-state index contributed by atoms with van der Waals surface area (Å²) in [5.41, 5.74) is 3.36. The van der Waals surface area contributed by atoms with Crippen LogP contribution in [0.1, 0.15) is 25.7 Å². The highest BCUT2D eigenvalue weighted by Crippen LogP contribution is 2.28. The number of aromatic nitrogens is 2. The number of para-hydroxylation sites is 1. The van der Waals surface area contributed by atoms with E-state index in [1.807, 2.05) is 24.3 Å². The van der Waals surface area contributed by atoms with Crippen molar-refractivity contribution in [3.05, 3.63) is 91.3 Å². The number of alkyl halides is 3. The maximum Gasteiger partial charge on any atom is 0.573 e. The molecule has 4 aromatic rings. The van der Waals surface area contributed by atoms with Crippen LogP contribution in [0.3, 0.4) is 0 Å². The van der Waals surface area contributed by atoms with Crippen molar-refractivity contribution in [3.8, 4) is 22.8 Å². The first-order valence-electron chi connectivity index (χ1n) is 16.8. The SMILES string of the molecule is O=C(NCCOc1ccc(-c2cc(Nc3ccc(OC(F)(F)F)cc3)ncn2)cc1)C1CCN(CC2CCN(c3ccccc3)CC2)CC1. The minimum Gasteiger partial charge on any atom is -0.492 e. The summed E-state index contributed by atoms with van der Waals surface area (Å²) in [5, 5.41) is 6.10. The number of ether oxygens (including phenoxy) is 2. The standard InChI is InChI=1S/C37H41F3N6O3/c38-37(39,40)49-33-12-8-30(9-13-33)44-35-24-34(42-26-43-35)28-6-10-32(11-7-28)48-23-18-41-36(47)29-16-19-45(20-17-29)25-27-14-21-46(22-15-27)31-4-2-1-3-5-31/h1-13,24,26-27,29H,14-23,25H2,(H,41,47)(H,42,43,44). The third kappa shape index (κ3) is 10.1. The zero-order chi connectivity index (χ0) is 34.1. The molecule has 3 aromatic carbocycles. The van der Waals surface area contributed by atoms with Gasteiger partial charge in [0.1, 0.15) is 30.3 Å². The molecule has 0 radical (unpaired) electrons. The Hall–Kier alpha value is -4.84. The van der Waals surface area contributed by atoms with E-state index in [4.69, 9.17) is 4.74 Å². The molecule has 2 saturated heterocycles. The number of hydrogen-bond donors (Lipinski definition) is 2. The van der Waals surface area contributed by atoms with Gasteiger partial charge in [0.15, 0.2) is 0 Å². The lowest BCUT2D eigenvalue weighted by Gasteiger charge is -2.38.